The summed E-state index contributed by atoms with van der Waals surface area (Å²) in [4.78, 5) is 2.63. The molecule has 0 aromatic carbocycles. The van der Waals surface area contributed by atoms with Gasteiger partial charge in [0, 0.05) is 25.7 Å². The Kier molecular flexibility index (Phi) is 7.48. The van der Waals surface area contributed by atoms with E-state index in [2.05, 4.69) is 17.1 Å². The molecule has 0 amide bonds. The SMILES string of the molecule is CCCNCC1(CN(CCO)C2CCCC2)CCCCC1. The fraction of sp³-hybridized carbons (Fsp3) is 1.00. The predicted octanol–water partition coefficient (Wildman–Crippen LogP) is 3.17. The van der Waals surface area contributed by atoms with Gasteiger partial charge in [-0.1, -0.05) is 39.0 Å². The minimum atomic E-state index is 0.314. The highest BCUT2D eigenvalue weighted by molar-refractivity contribution is 4.90. The van der Waals surface area contributed by atoms with Crippen LogP contribution in [-0.2, 0) is 0 Å². The molecule has 2 fully saturated rings. The van der Waals surface area contributed by atoms with Gasteiger partial charge < -0.3 is 10.4 Å². The quantitative estimate of drug-likeness (QED) is 0.642. The van der Waals surface area contributed by atoms with Crippen LogP contribution in [0.2, 0.25) is 0 Å². The third-order valence-electron chi connectivity index (χ3n) is 5.61. The summed E-state index contributed by atoms with van der Waals surface area (Å²) in [6, 6.07) is 0.738. The van der Waals surface area contributed by atoms with Crippen molar-refractivity contribution in [1.29, 1.82) is 0 Å². The maximum absolute atomic E-state index is 9.47. The van der Waals surface area contributed by atoms with Crippen LogP contribution >= 0.6 is 0 Å². The van der Waals surface area contributed by atoms with Crippen LogP contribution in [0.5, 0.6) is 0 Å². The summed E-state index contributed by atoms with van der Waals surface area (Å²) in [5.41, 5.74) is 0.463. The molecule has 0 saturated heterocycles. The molecular formula is C18H36N2O. The normalized spacial score (nSPS) is 23.0. The summed E-state index contributed by atoms with van der Waals surface area (Å²) in [5.74, 6) is 0. The van der Waals surface area contributed by atoms with Crippen molar-refractivity contribution in [3.8, 4) is 0 Å². The average molecular weight is 296 g/mol. The van der Waals surface area contributed by atoms with E-state index in [0.717, 1.165) is 19.1 Å². The van der Waals surface area contributed by atoms with Gasteiger partial charge in [-0.15, -0.1) is 0 Å². The highest BCUT2D eigenvalue weighted by Gasteiger charge is 2.35. The van der Waals surface area contributed by atoms with Gasteiger partial charge >= 0.3 is 0 Å². The second kappa shape index (κ2) is 9.12. The summed E-state index contributed by atoms with van der Waals surface area (Å²) >= 11 is 0. The first-order chi connectivity index (χ1) is 10.3. The Morgan fingerprint density at radius 3 is 2.43 bits per heavy atom. The summed E-state index contributed by atoms with van der Waals surface area (Å²) in [6.07, 6.45) is 13.6. The van der Waals surface area contributed by atoms with Crippen molar-refractivity contribution < 1.29 is 5.11 Å². The minimum absolute atomic E-state index is 0.314. The van der Waals surface area contributed by atoms with E-state index in [1.54, 1.807) is 0 Å². The van der Waals surface area contributed by atoms with Gasteiger partial charge in [-0.25, -0.2) is 0 Å². The molecule has 0 spiro atoms. The summed E-state index contributed by atoms with van der Waals surface area (Å²) in [7, 11) is 0. The Labute approximate surface area is 131 Å². The first-order valence-corrected chi connectivity index (χ1v) is 9.35. The molecule has 2 aliphatic rings. The van der Waals surface area contributed by atoms with Crippen molar-refractivity contribution in [2.75, 3.05) is 32.8 Å². The molecule has 0 heterocycles. The van der Waals surface area contributed by atoms with E-state index >= 15 is 0 Å². The zero-order valence-electron chi connectivity index (χ0n) is 14.1. The Morgan fingerprint density at radius 1 is 1.10 bits per heavy atom. The van der Waals surface area contributed by atoms with E-state index in [9.17, 15) is 5.11 Å². The van der Waals surface area contributed by atoms with Crippen molar-refractivity contribution in [3.63, 3.8) is 0 Å². The van der Waals surface area contributed by atoms with Gasteiger partial charge in [0.25, 0.3) is 0 Å². The monoisotopic (exact) mass is 296 g/mol. The van der Waals surface area contributed by atoms with Crippen LogP contribution in [-0.4, -0.2) is 48.8 Å². The number of aliphatic hydroxyl groups excluding tert-OH is 1. The molecule has 0 radical (unpaired) electrons. The van der Waals surface area contributed by atoms with E-state index in [-0.39, 0.29) is 0 Å². The zero-order chi connectivity index (χ0) is 15.0. The number of nitrogens with one attached hydrogen (secondary N) is 1. The number of nitrogens with zero attached hydrogens (tertiary/aromatic N) is 1. The smallest absolute Gasteiger partial charge is 0.0558 e. The van der Waals surface area contributed by atoms with Crippen LogP contribution in [0.4, 0.5) is 0 Å². The number of rotatable bonds is 9. The maximum Gasteiger partial charge on any atom is 0.0558 e. The molecule has 21 heavy (non-hydrogen) atoms. The van der Waals surface area contributed by atoms with Crippen LogP contribution in [0.25, 0.3) is 0 Å². The standard InChI is InChI=1S/C18H36N2O/c1-2-12-19-15-18(10-6-3-7-11-18)16-20(13-14-21)17-8-4-5-9-17/h17,19,21H,2-16H2,1H3. The van der Waals surface area contributed by atoms with Gasteiger partial charge in [-0.3, -0.25) is 4.90 Å². The fourth-order valence-corrected chi connectivity index (χ4v) is 4.44. The Balaban J connectivity index is 1.96. The lowest BCUT2D eigenvalue weighted by molar-refractivity contribution is 0.0624. The van der Waals surface area contributed by atoms with Gasteiger partial charge in [0.15, 0.2) is 0 Å². The Bertz CT molecular complexity index is 270. The van der Waals surface area contributed by atoms with Gasteiger partial charge in [-0.2, -0.15) is 0 Å². The first-order valence-electron chi connectivity index (χ1n) is 9.35. The Morgan fingerprint density at radius 2 is 1.81 bits per heavy atom. The highest BCUT2D eigenvalue weighted by Crippen LogP contribution is 2.38. The largest absolute Gasteiger partial charge is 0.395 e. The molecule has 0 atom stereocenters. The lowest BCUT2D eigenvalue weighted by atomic mass is 9.73. The van der Waals surface area contributed by atoms with Gasteiger partial charge in [0.1, 0.15) is 0 Å². The molecule has 0 aromatic heterocycles. The van der Waals surface area contributed by atoms with Crippen molar-refractivity contribution in [3.05, 3.63) is 0 Å². The molecule has 0 unspecified atom stereocenters. The summed E-state index contributed by atoms with van der Waals surface area (Å²) in [5, 5.41) is 13.2. The zero-order valence-corrected chi connectivity index (χ0v) is 14.1. The van der Waals surface area contributed by atoms with Crippen LogP contribution in [0.15, 0.2) is 0 Å². The second-order valence-electron chi connectivity index (χ2n) is 7.37. The number of aliphatic hydroxyl groups is 1. The summed E-state index contributed by atoms with van der Waals surface area (Å²) < 4.78 is 0. The van der Waals surface area contributed by atoms with Crippen molar-refractivity contribution in [2.45, 2.75) is 77.2 Å². The molecule has 124 valence electrons. The van der Waals surface area contributed by atoms with Gasteiger partial charge in [0.05, 0.1) is 6.61 Å². The highest BCUT2D eigenvalue weighted by atomic mass is 16.3. The third-order valence-corrected chi connectivity index (χ3v) is 5.61. The maximum atomic E-state index is 9.47. The number of hydrogen-bond donors (Lipinski definition) is 2. The van der Waals surface area contributed by atoms with Crippen LogP contribution < -0.4 is 5.32 Å². The first kappa shape index (κ1) is 17.2. The Hall–Kier alpha value is -0.120. The van der Waals surface area contributed by atoms with Crippen LogP contribution in [0.1, 0.15) is 71.1 Å². The van der Waals surface area contributed by atoms with Crippen molar-refractivity contribution in [1.82, 2.24) is 10.2 Å². The molecular weight excluding hydrogens is 260 g/mol. The predicted molar refractivity (Wildman–Crippen MR) is 89.6 cm³/mol. The molecule has 2 rings (SSSR count). The van der Waals surface area contributed by atoms with E-state index in [1.165, 1.54) is 77.3 Å². The van der Waals surface area contributed by atoms with Crippen LogP contribution in [0.3, 0.4) is 0 Å². The third kappa shape index (κ3) is 5.22. The van der Waals surface area contributed by atoms with Crippen LogP contribution in [0, 0.1) is 5.41 Å². The van der Waals surface area contributed by atoms with Gasteiger partial charge in [-0.05, 0) is 44.1 Å². The molecule has 3 heteroatoms. The van der Waals surface area contributed by atoms with E-state index in [0.29, 0.717) is 12.0 Å². The van der Waals surface area contributed by atoms with E-state index in [1.807, 2.05) is 0 Å². The lowest BCUT2D eigenvalue weighted by Gasteiger charge is -2.43. The average Bonchev–Trinajstić information content (AvgIpc) is 3.02. The molecule has 2 N–H and O–H groups in total. The molecule has 0 bridgehead atoms. The van der Waals surface area contributed by atoms with E-state index in [4.69, 9.17) is 0 Å². The van der Waals surface area contributed by atoms with Gasteiger partial charge in [0.2, 0.25) is 0 Å². The molecule has 2 saturated carbocycles. The minimum Gasteiger partial charge on any atom is -0.395 e. The number of hydrogen-bond acceptors (Lipinski definition) is 3. The summed E-state index contributed by atoms with van der Waals surface area (Å²) in [6.45, 7) is 6.96. The van der Waals surface area contributed by atoms with Crippen molar-refractivity contribution in [2.24, 2.45) is 5.41 Å². The molecule has 2 aliphatic carbocycles. The molecule has 0 aromatic rings. The van der Waals surface area contributed by atoms with Crippen molar-refractivity contribution >= 4 is 0 Å². The van der Waals surface area contributed by atoms with E-state index < -0.39 is 0 Å². The molecule has 0 aliphatic heterocycles. The topological polar surface area (TPSA) is 35.5 Å². The molecule has 3 nitrogen and oxygen atoms in total. The second-order valence-corrected chi connectivity index (χ2v) is 7.37. The lowest BCUT2D eigenvalue weighted by Crippen LogP contribution is -2.49. The fourth-order valence-electron chi connectivity index (χ4n) is 4.44.